The summed E-state index contributed by atoms with van der Waals surface area (Å²) in [6, 6.07) is 0. The molecule has 0 radical (unpaired) electrons. The fraction of sp³-hybridized carbons (Fsp3) is 0.786. The summed E-state index contributed by atoms with van der Waals surface area (Å²) < 4.78 is 0. The predicted octanol–water partition coefficient (Wildman–Crippen LogP) is 12.2. The third kappa shape index (κ3) is 36.7. The lowest BCUT2D eigenvalue weighted by atomic mass is 9.93. The van der Waals surface area contributed by atoms with Crippen LogP contribution < -0.4 is 11.5 Å². The Balaban J connectivity index is 4.03. The van der Waals surface area contributed by atoms with Gasteiger partial charge < -0.3 is 16.4 Å². The molecule has 0 atom stereocenters. The van der Waals surface area contributed by atoms with Gasteiger partial charge in [0.15, 0.2) is 5.96 Å². The van der Waals surface area contributed by atoms with Gasteiger partial charge in [-0.15, -0.1) is 0 Å². The van der Waals surface area contributed by atoms with Crippen LogP contribution in [0.1, 0.15) is 181 Å². The van der Waals surface area contributed by atoms with E-state index in [1.807, 2.05) is 0 Å². The molecule has 0 amide bonds. The Kier molecular flexibility index (Phi) is 36.2. The Morgan fingerprint density at radius 3 is 1.28 bits per heavy atom. The Morgan fingerprint density at radius 2 is 0.891 bits per heavy atom. The SMILES string of the molecule is CCCCCC=CCC=CCCCCCCCCC(CCCCCCCCC=CCC=CCCCCC)CN(C)CCN=C(N)N. The average Bonchev–Trinajstić information content (AvgIpc) is 3.04. The molecule has 0 heterocycles. The molecule has 0 saturated heterocycles. The van der Waals surface area contributed by atoms with Crippen LogP contribution in [0, 0.1) is 5.92 Å². The molecule has 0 aliphatic heterocycles. The zero-order valence-electron chi connectivity index (χ0n) is 31.3. The minimum absolute atomic E-state index is 0.202. The number of likely N-dealkylation sites (N-methyl/N-ethyl adjacent to an activating group) is 1. The van der Waals surface area contributed by atoms with Crippen LogP contribution in [-0.4, -0.2) is 37.5 Å². The van der Waals surface area contributed by atoms with Crippen molar-refractivity contribution in [2.75, 3.05) is 26.7 Å². The standard InChI is InChI=1S/C42H80N4/c1-4-6-8-10-12-14-16-18-20-22-24-26-28-30-32-34-36-41(40-46(3)39-38-45-42(43)44)37-35-33-31-29-27-25-23-21-19-17-15-13-11-9-7-5-2/h12-15,18-21,41H,4-11,16-17,22-40H2,1-3H3,(H4,43,44,45). The maximum atomic E-state index is 5.53. The van der Waals surface area contributed by atoms with Gasteiger partial charge in [0.1, 0.15) is 0 Å². The Bertz CT molecular complexity index is 699. The quantitative estimate of drug-likeness (QED) is 0.0313. The normalized spacial score (nSPS) is 13.0. The summed E-state index contributed by atoms with van der Waals surface area (Å²) in [6.07, 6.45) is 53.3. The Hall–Kier alpha value is -1.81. The largest absolute Gasteiger partial charge is 0.370 e. The predicted molar refractivity (Wildman–Crippen MR) is 210 cm³/mol. The average molecular weight is 641 g/mol. The van der Waals surface area contributed by atoms with Gasteiger partial charge in [-0.05, 0) is 90.0 Å². The van der Waals surface area contributed by atoms with Gasteiger partial charge in [0, 0.05) is 13.1 Å². The summed E-state index contributed by atoms with van der Waals surface area (Å²) in [5, 5.41) is 0. The van der Waals surface area contributed by atoms with Gasteiger partial charge in [-0.2, -0.15) is 0 Å². The third-order valence-corrected chi connectivity index (χ3v) is 8.97. The van der Waals surface area contributed by atoms with Crippen molar-refractivity contribution in [3.63, 3.8) is 0 Å². The molecule has 0 aliphatic carbocycles. The minimum Gasteiger partial charge on any atom is -0.370 e. The first-order chi connectivity index (χ1) is 22.6. The number of rotatable bonds is 35. The molecule has 0 spiro atoms. The molecule has 0 unspecified atom stereocenters. The molecule has 268 valence electrons. The second kappa shape index (κ2) is 37.6. The van der Waals surface area contributed by atoms with Gasteiger partial charge in [0.05, 0.1) is 6.54 Å². The number of allylic oxidation sites excluding steroid dienone is 8. The van der Waals surface area contributed by atoms with Gasteiger partial charge in [0.25, 0.3) is 0 Å². The zero-order valence-corrected chi connectivity index (χ0v) is 31.3. The van der Waals surface area contributed by atoms with Gasteiger partial charge in [-0.1, -0.05) is 152 Å². The first-order valence-electron chi connectivity index (χ1n) is 19.9. The highest BCUT2D eigenvalue weighted by Crippen LogP contribution is 2.20. The molecule has 0 fully saturated rings. The van der Waals surface area contributed by atoms with Crippen LogP contribution in [0.15, 0.2) is 53.6 Å². The second-order valence-electron chi connectivity index (χ2n) is 13.7. The smallest absolute Gasteiger partial charge is 0.185 e. The highest BCUT2D eigenvalue weighted by atomic mass is 15.1. The van der Waals surface area contributed by atoms with Gasteiger partial charge in [0.2, 0.25) is 0 Å². The molecule has 0 rings (SSSR count). The molecule has 46 heavy (non-hydrogen) atoms. The van der Waals surface area contributed by atoms with E-state index in [4.69, 9.17) is 11.5 Å². The van der Waals surface area contributed by atoms with Crippen LogP contribution >= 0.6 is 0 Å². The summed E-state index contributed by atoms with van der Waals surface area (Å²) in [5.74, 6) is 0.994. The number of aliphatic imine (C=N–C) groups is 1. The molecule has 0 aromatic carbocycles. The number of hydrogen-bond donors (Lipinski definition) is 2. The molecule has 4 nitrogen and oxygen atoms in total. The lowest BCUT2D eigenvalue weighted by molar-refractivity contribution is 0.255. The van der Waals surface area contributed by atoms with Crippen LogP contribution in [0.3, 0.4) is 0 Å². The van der Waals surface area contributed by atoms with E-state index in [-0.39, 0.29) is 5.96 Å². The molecule has 0 saturated carbocycles. The number of unbranched alkanes of at least 4 members (excludes halogenated alkanes) is 18. The minimum atomic E-state index is 0.202. The first kappa shape index (κ1) is 44.2. The van der Waals surface area contributed by atoms with E-state index in [1.54, 1.807) is 0 Å². The van der Waals surface area contributed by atoms with Gasteiger partial charge >= 0.3 is 0 Å². The van der Waals surface area contributed by atoms with E-state index in [0.29, 0.717) is 6.54 Å². The molecular formula is C42H80N4. The highest BCUT2D eigenvalue weighted by Gasteiger charge is 2.12. The van der Waals surface area contributed by atoms with Crippen molar-refractivity contribution in [2.24, 2.45) is 22.4 Å². The van der Waals surface area contributed by atoms with E-state index in [9.17, 15) is 0 Å². The van der Waals surface area contributed by atoms with E-state index in [2.05, 4.69) is 79.4 Å². The number of nitrogens with two attached hydrogens (primary N) is 2. The summed E-state index contributed by atoms with van der Waals surface area (Å²) in [6.45, 7) is 7.33. The van der Waals surface area contributed by atoms with Crippen molar-refractivity contribution in [1.29, 1.82) is 0 Å². The monoisotopic (exact) mass is 641 g/mol. The molecule has 0 bridgehead atoms. The topological polar surface area (TPSA) is 67.6 Å². The fourth-order valence-corrected chi connectivity index (χ4v) is 6.05. The number of nitrogens with zero attached hydrogens (tertiary/aromatic N) is 2. The molecule has 4 N–H and O–H groups in total. The van der Waals surface area contributed by atoms with Crippen molar-refractivity contribution in [3.05, 3.63) is 48.6 Å². The molecule has 0 aliphatic rings. The highest BCUT2D eigenvalue weighted by molar-refractivity contribution is 5.75. The van der Waals surface area contributed by atoms with Crippen molar-refractivity contribution in [1.82, 2.24) is 4.90 Å². The summed E-state index contributed by atoms with van der Waals surface area (Å²) in [5.41, 5.74) is 11.1. The molecule has 4 heteroatoms. The Morgan fingerprint density at radius 1 is 0.522 bits per heavy atom. The van der Waals surface area contributed by atoms with Crippen molar-refractivity contribution < 1.29 is 0 Å². The summed E-state index contributed by atoms with van der Waals surface area (Å²) in [4.78, 5) is 6.62. The van der Waals surface area contributed by atoms with E-state index >= 15 is 0 Å². The van der Waals surface area contributed by atoms with E-state index < -0.39 is 0 Å². The van der Waals surface area contributed by atoms with Crippen LogP contribution in [0.25, 0.3) is 0 Å². The van der Waals surface area contributed by atoms with Crippen LogP contribution in [0.4, 0.5) is 0 Å². The lowest BCUT2D eigenvalue weighted by Crippen LogP contribution is -2.30. The van der Waals surface area contributed by atoms with E-state index in [1.165, 1.54) is 161 Å². The fourth-order valence-electron chi connectivity index (χ4n) is 6.05. The van der Waals surface area contributed by atoms with E-state index in [0.717, 1.165) is 25.3 Å². The maximum absolute atomic E-state index is 5.53. The van der Waals surface area contributed by atoms with Gasteiger partial charge in [-0.3, -0.25) is 4.99 Å². The first-order valence-corrected chi connectivity index (χ1v) is 19.9. The van der Waals surface area contributed by atoms with Crippen LogP contribution in [0.5, 0.6) is 0 Å². The zero-order chi connectivity index (χ0) is 33.6. The lowest BCUT2D eigenvalue weighted by Gasteiger charge is -2.24. The number of hydrogen-bond acceptors (Lipinski definition) is 2. The van der Waals surface area contributed by atoms with Gasteiger partial charge in [-0.25, -0.2) is 0 Å². The Labute approximate surface area is 288 Å². The second-order valence-corrected chi connectivity index (χ2v) is 13.7. The third-order valence-electron chi connectivity index (χ3n) is 8.97. The molecule has 0 aromatic rings. The van der Waals surface area contributed by atoms with Crippen LogP contribution in [0.2, 0.25) is 0 Å². The number of guanidine groups is 1. The van der Waals surface area contributed by atoms with Crippen molar-refractivity contribution in [3.8, 4) is 0 Å². The summed E-state index contributed by atoms with van der Waals surface area (Å²) >= 11 is 0. The molecular weight excluding hydrogens is 560 g/mol. The van der Waals surface area contributed by atoms with Crippen molar-refractivity contribution in [2.45, 2.75) is 181 Å². The molecule has 0 aromatic heterocycles. The van der Waals surface area contributed by atoms with Crippen molar-refractivity contribution >= 4 is 5.96 Å². The van der Waals surface area contributed by atoms with Crippen LogP contribution in [-0.2, 0) is 0 Å². The summed E-state index contributed by atoms with van der Waals surface area (Å²) in [7, 11) is 2.23. The maximum Gasteiger partial charge on any atom is 0.185 e.